The smallest absolute Gasteiger partial charge is 0.141 e. The molecule has 1 saturated carbocycles. The van der Waals surface area contributed by atoms with Crippen LogP contribution < -0.4 is 0 Å². The number of allylic oxidation sites excluding steroid dienone is 4. The van der Waals surface area contributed by atoms with Crippen molar-refractivity contribution in [2.24, 2.45) is 39.9 Å². The molecule has 0 aromatic rings. The fraction of sp³-hybridized carbons (Fsp3) is 0.839. The van der Waals surface area contributed by atoms with Crippen molar-refractivity contribution in [2.45, 2.75) is 126 Å². The summed E-state index contributed by atoms with van der Waals surface area (Å²) in [6.07, 6.45) is 18.0. The van der Waals surface area contributed by atoms with E-state index in [1.54, 1.807) is 11.1 Å². The SMILES string of the molecule is CCC(CC)C(=O)C(C)(C)C[C@@H](C)[C@H]1CC=C2C3=C(CC[C@@]21C)[C@@]1(C)CCCC[C@@H]1CC3. The van der Waals surface area contributed by atoms with Crippen LogP contribution in [0.4, 0.5) is 0 Å². The summed E-state index contributed by atoms with van der Waals surface area (Å²) in [4.78, 5) is 13.3. The second kappa shape index (κ2) is 8.74. The van der Waals surface area contributed by atoms with Crippen LogP contribution in [0.15, 0.2) is 22.8 Å². The van der Waals surface area contributed by atoms with E-state index in [-0.39, 0.29) is 11.3 Å². The fourth-order valence-corrected chi connectivity index (χ4v) is 9.04. The van der Waals surface area contributed by atoms with Gasteiger partial charge in [0.1, 0.15) is 5.78 Å². The molecule has 0 radical (unpaired) electrons. The Morgan fingerprint density at radius 1 is 1.06 bits per heavy atom. The van der Waals surface area contributed by atoms with Gasteiger partial charge in [-0.25, -0.2) is 0 Å². The van der Waals surface area contributed by atoms with Crippen LogP contribution in [0, 0.1) is 39.9 Å². The first kappa shape index (κ1) is 24.3. The lowest BCUT2D eigenvalue weighted by Gasteiger charge is -2.53. The molecule has 1 nitrogen and oxygen atoms in total. The molecule has 0 aliphatic heterocycles. The highest BCUT2D eigenvalue weighted by molar-refractivity contribution is 5.86. The van der Waals surface area contributed by atoms with Crippen LogP contribution in [-0.2, 0) is 4.79 Å². The molecule has 5 atom stereocenters. The zero-order chi connectivity index (χ0) is 23.3. The molecule has 1 heteroatoms. The number of Topliss-reactive ketones (excluding diaryl/α,β-unsaturated/α-hetero) is 1. The molecule has 0 unspecified atom stereocenters. The summed E-state index contributed by atoms with van der Waals surface area (Å²) in [5, 5.41) is 0. The molecule has 180 valence electrons. The number of hydrogen-bond donors (Lipinski definition) is 0. The molecule has 0 aromatic heterocycles. The normalized spacial score (nSPS) is 35.8. The van der Waals surface area contributed by atoms with Gasteiger partial charge >= 0.3 is 0 Å². The molecule has 0 heterocycles. The summed E-state index contributed by atoms with van der Waals surface area (Å²) in [5.41, 5.74) is 6.01. The van der Waals surface area contributed by atoms with Crippen molar-refractivity contribution in [3.8, 4) is 0 Å². The quantitative estimate of drug-likeness (QED) is 0.387. The predicted molar refractivity (Wildman–Crippen MR) is 136 cm³/mol. The summed E-state index contributed by atoms with van der Waals surface area (Å²) in [6.45, 7) is 16.5. The van der Waals surface area contributed by atoms with Crippen LogP contribution in [0.3, 0.4) is 0 Å². The van der Waals surface area contributed by atoms with Crippen LogP contribution in [0.25, 0.3) is 0 Å². The van der Waals surface area contributed by atoms with Crippen molar-refractivity contribution in [2.75, 3.05) is 0 Å². The predicted octanol–water partition coefficient (Wildman–Crippen LogP) is 9.08. The topological polar surface area (TPSA) is 17.1 Å². The Balaban J connectivity index is 1.54. The summed E-state index contributed by atoms with van der Waals surface area (Å²) < 4.78 is 0. The monoisotopic (exact) mass is 438 g/mol. The van der Waals surface area contributed by atoms with Gasteiger partial charge in [0, 0.05) is 11.3 Å². The van der Waals surface area contributed by atoms with Gasteiger partial charge in [-0.2, -0.15) is 0 Å². The molecule has 4 aliphatic carbocycles. The van der Waals surface area contributed by atoms with Gasteiger partial charge in [0.05, 0.1) is 0 Å². The molecule has 0 amide bonds. The van der Waals surface area contributed by atoms with Gasteiger partial charge in [-0.3, -0.25) is 4.79 Å². The summed E-state index contributed by atoms with van der Waals surface area (Å²) in [5.74, 6) is 2.96. The molecule has 4 rings (SSSR count). The highest BCUT2D eigenvalue weighted by Crippen LogP contribution is 2.64. The zero-order valence-electron chi connectivity index (χ0n) is 22.3. The number of carbonyl (C=O) groups is 1. The third kappa shape index (κ3) is 3.78. The van der Waals surface area contributed by atoms with E-state index >= 15 is 0 Å². The molecular formula is C31H50O. The van der Waals surface area contributed by atoms with Gasteiger partial charge in [0.15, 0.2) is 0 Å². The van der Waals surface area contributed by atoms with E-state index in [0.29, 0.717) is 28.4 Å². The van der Waals surface area contributed by atoms with Crippen LogP contribution in [-0.4, -0.2) is 5.78 Å². The second-order valence-corrected chi connectivity index (χ2v) is 13.2. The van der Waals surface area contributed by atoms with E-state index in [0.717, 1.165) is 25.2 Å². The Labute approximate surface area is 198 Å². The molecule has 32 heavy (non-hydrogen) atoms. The van der Waals surface area contributed by atoms with Gasteiger partial charge in [-0.1, -0.05) is 73.0 Å². The minimum absolute atomic E-state index is 0.206. The summed E-state index contributed by atoms with van der Waals surface area (Å²) >= 11 is 0. The Morgan fingerprint density at radius 3 is 2.47 bits per heavy atom. The Hall–Kier alpha value is -0.850. The molecule has 1 fully saturated rings. The first-order valence-corrected chi connectivity index (χ1v) is 14.1. The van der Waals surface area contributed by atoms with E-state index in [9.17, 15) is 4.79 Å². The van der Waals surface area contributed by atoms with E-state index in [1.165, 1.54) is 57.8 Å². The van der Waals surface area contributed by atoms with Crippen molar-refractivity contribution < 1.29 is 4.79 Å². The first-order chi connectivity index (χ1) is 15.1. The maximum Gasteiger partial charge on any atom is 0.141 e. The molecular weight excluding hydrogens is 388 g/mol. The van der Waals surface area contributed by atoms with Crippen LogP contribution in [0.2, 0.25) is 0 Å². The van der Waals surface area contributed by atoms with Crippen molar-refractivity contribution in [3.05, 3.63) is 22.8 Å². The summed E-state index contributed by atoms with van der Waals surface area (Å²) in [7, 11) is 0. The standard InChI is InChI=1S/C31H50O/c1-8-22(9-2)28(32)29(4,5)20-21(3)25-15-16-26-24-14-13-23-12-10-11-18-30(23,6)27(24)17-19-31(25,26)7/h16,21-23,25H,8-15,17-20H2,1-7H3/t21-,23-,25-,30+,31-/m1/s1. The summed E-state index contributed by atoms with van der Waals surface area (Å²) in [6, 6.07) is 0. The number of ketones is 1. The van der Waals surface area contributed by atoms with Crippen molar-refractivity contribution in [1.29, 1.82) is 0 Å². The minimum Gasteiger partial charge on any atom is -0.299 e. The maximum absolute atomic E-state index is 13.3. The number of fused-ring (bicyclic) bond motifs is 4. The van der Waals surface area contributed by atoms with Crippen LogP contribution >= 0.6 is 0 Å². The highest BCUT2D eigenvalue weighted by atomic mass is 16.1. The lowest BCUT2D eigenvalue weighted by Crippen LogP contribution is -2.42. The fourth-order valence-electron chi connectivity index (χ4n) is 9.04. The zero-order valence-corrected chi connectivity index (χ0v) is 22.3. The molecule has 0 N–H and O–H groups in total. The van der Waals surface area contributed by atoms with E-state index in [2.05, 4.69) is 54.5 Å². The van der Waals surface area contributed by atoms with E-state index in [1.807, 2.05) is 5.57 Å². The molecule has 0 bridgehead atoms. The van der Waals surface area contributed by atoms with E-state index < -0.39 is 0 Å². The highest BCUT2D eigenvalue weighted by Gasteiger charge is 2.52. The maximum atomic E-state index is 13.3. The third-order valence-corrected chi connectivity index (χ3v) is 11.0. The number of carbonyl (C=O) groups excluding carboxylic acids is 1. The van der Waals surface area contributed by atoms with Gasteiger partial charge in [0.2, 0.25) is 0 Å². The van der Waals surface area contributed by atoms with Crippen molar-refractivity contribution in [3.63, 3.8) is 0 Å². The molecule has 0 aromatic carbocycles. The van der Waals surface area contributed by atoms with Crippen molar-refractivity contribution in [1.82, 2.24) is 0 Å². The Morgan fingerprint density at radius 2 is 1.78 bits per heavy atom. The largest absolute Gasteiger partial charge is 0.299 e. The van der Waals surface area contributed by atoms with Crippen LogP contribution in [0.1, 0.15) is 126 Å². The first-order valence-electron chi connectivity index (χ1n) is 14.1. The average Bonchev–Trinajstić information content (AvgIpc) is 3.11. The van der Waals surface area contributed by atoms with Gasteiger partial charge in [0.25, 0.3) is 0 Å². The van der Waals surface area contributed by atoms with Gasteiger partial charge in [-0.15, -0.1) is 0 Å². The van der Waals surface area contributed by atoms with Gasteiger partial charge < -0.3 is 0 Å². The number of hydrogen-bond acceptors (Lipinski definition) is 1. The second-order valence-electron chi connectivity index (χ2n) is 13.2. The molecule has 0 spiro atoms. The Bertz CT molecular complexity index is 793. The van der Waals surface area contributed by atoms with E-state index in [4.69, 9.17) is 0 Å². The molecule has 4 aliphatic rings. The lowest BCUT2D eigenvalue weighted by atomic mass is 9.51. The molecule has 0 saturated heterocycles. The van der Waals surface area contributed by atoms with Gasteiger partial charge in [-0.05, 0) is 104 Å². The van der Waals surface area contributed by atoms with Crippen LogP contribution in [0.5, 0.6) is 0 Å². The minimum atomic E-state index is -0.206. The average molecular weight is 439 g/mol. The number of rotatable bonds is 7. The van der Waals surface area contributed by atoms with Crippen molar-refractivity contribution >= 4 is 5.78 Å². The third-order valence-electron chi connectivity index (χ3n) is 11.0. The Kier molecular flexibility index (Phi) is 6.63. The lowest BCUT2D eigenvalue weighted by molar-refractivity contribution is -0.132.